The maximum Gasteiger partial charge on any atom is 0.204 e. The smallest absolute Gasteiger partial charge is 0.204 e. The lowest BCUT2D eigenvalue weighted by atomic mass is 10.0. The third-order valence-electron chi connectivity index (χ3n) is 7.08. The molecule has 7 nitrogen and oxygen atoms in total. The minimum absolute atomic E-state index is 0.117. The molecule has 1 unspecified atom stereocenters. The van der Waals surface area contributed by atoms with Crippen molar-refractivity contribution in [3.63, 3.8) is 0 Å². The van der Waals surface area contributed by atoms with Crippen molar-refractivity contribution >= 4 is 24.3 Å². The van der Waals surface area contributed by atoms with Gasteiger partial charge in [-0.25, -0.2) is 0 Å². The number of carbonyl (C=O) groups is 2. The van der Waals surface area contributed by atoms with Crippen molar-refractivity contribution in [3.8, 4) is 28.7 Å². The van der Waals surface area contributed by atoms with Gasteiger partial charge in [-0.05, 0) is 29.6 Å². The van der Waals surface area contributed by atoms with E-state index in [1.165, 1.54) is 21.3 Å². The third kappa shape index (κ3) is 7.34. The van der Waals surface area contributed by atoms with E-state index in [-0.39, 0.29) is 35.8 Å². The summed E-state index contributed by atoms with van der Waals surface area (Å²) in [6.45, 7) is 0.233. The Balaban J connectivity index is 1.63. The zero-order valence-corrected chi connectivity index (χ0v) is 26.2. The predicted octanol–water partition coefficient (Wildman–Crippen LogP) is 7.66. The normalized spacial score (nSPS) is 11.3. The zero-order valence-electron chi connectivity index (χ0n) is 25.3. The van der Waals surface area contributed by atoms with Crippen molar-refractivity contribution in [3.05, 3.63) is 144 Å². The van der Waals surface area contributed by atoms with Crippen LogP contribution in [0.3, 0.4) is 0 Å². The lowest BCUT2D eigenvalue weighted by molar-refractivity contribution is 0.104. The molecule has 1 atom stereocenters. The highest BCUT2D eigenvalue weighted by molar-refractivity contribution is 7.96. The molecule has 45 heavy (non-hydrogen) atoms. The van der Waals surface area contributed by atoms with Gasteiger partial charge in [0.25, 0.3) is 0 Å². The number of carbonyl (C=O) groups excluding carboxylic acids is 2. The van der Waals surface area contributed by atoms with Gasteiger partial charge in [0, 0.05) is 28.8 Å². The van der Waals surface area contributed by atoms with Crippen LogP contribution in [0, 0.1) is 0 Å². The minimum Gasteiger partial charge on any atom is -0.496 e. The maximum absolute atomic E-state index is 14.9. The summed E-state index contributed by atoms with van der Waals surface area (Å²) in [4.78, 5) is 29.6. The number of benzene rings is 5. The van der Waals surface area contributed by atoms with E-state index >= 15 is 0 Å². The highest BCUT2D eigenvalue weighted by Gasteiger charge is 2.36. The van der Waals surface area contributed by atoms with Crippen LogP contribution in [0.5, 0.6) is 28.7 Å². The molecule has 0 radical (unpaired) electrons. The fraction of sp³-hybridized carbons (Fsp3) is 0.135. The summed E-state index contributed by atoms with van der Waals surface area (Å²) >= 11 is 0. The number of methoxy groups -OCH3 is 3. The summed E-state index contributed by atoms with van der Waals surface area (Å²) < 4.78 is 28.9. The van der Waals surface area contributed by atoms with Crippen LogP contribution in [0.15, 0.2) is 121 Å². The maximum atomic E-state index is 14.9. The summed E-state index contributed by atoms with van der Waals surface area (Å²) in [5, 5.41) is 0.594. The summed E-state index contributed by atoms with van der Waals surface area (Å²) in [5.41, 5.74) is 1.10. The molecule has 0 N–H and O–H groups in total. The first-order valence-electron chi connectivity index (χ1n) is 14.2. The number of para-hydroxylation sites is 2. The van der Waals surface area contributed by atoms with E-state index in [1.54, 1.807) is 24.3 Å². The molecule has 0 aliphatic heterocycles. The molecular weight excluding hydrogens is 587 g/mol. The van der Waals surface area contributed by atoms with Crippen LogP contribution >= 0.6 is 7.92 Å². The Morgan fingerprint density at radius 3 is 1.40 bits per heavy atom. The van der Waals surface area contributed by atoms with Crippen LogP contribution in [0.1, 0.15) is 31.8 Å². The van der Waals surface area contributed by atoms with Crippen molar-refractivity contribution < 1.29 is 33.3 Å². The number of hydrogen-bond acceptors (Lipinski definition) is 7. The van der Waals surface area contributed by atoms with Gasteiger partial charge in [-0.1, -0.05) is 84.9 Å². The Morgan fingerprint density at radius 1 is 0.511 bits per heavy atom. The first kappa shape index (κ1) is 31.3. The molecule has 228 valence electrons. The molecule has 5 aromatic rings. The molecule has 0 saturated carbocycles. The minimum atomic E-state index is -2.14. The molecule has 0 aliphatic rings. The van der Waals surface area contributed by atoms with Crippen molar-refractivity contribution in [2.45, 2.75) is 13.2 Å². The van der Waals surface area contributed by atoms with Crippen molar-refractivity contribution in [2.24, 2.45) is 0 Å². The number of hydrogen-bond donors (Lipinski definition) is 0. The lowest BCUT2D eigenvalue weighted by Crippen LogP contribution is -2.20. The zero-order chi connectivity index (χ0) is 31.6. The van der Waals surface area contributed by atoms with Gasteiger partial charge in [0.1, 0.15) is 47.5 Å². The van der Waals surface area contributed by atoms with E-state index in [9.17, 15) is 9.59 Å². The Kier molecular flexibility index (Phi) is 10.5. The fourth-order valence-electron chi connectivity index (χ4n) is 4.87. The van der Waals surface area contributed by atoms with E-state index in [4.69, 9.17) is 23.7 Å². The van der Waals surface area contributed by atoms with E-state index in [0.717, 1.165) is 0 Å². The van der Waals surface area contributed by atoms with Crippen LogP contribution in [0.25, 0.3) is 0 Å². The van der Waals surface area contributed by atoms with Gasteiger partial charge in [0.2, 0.25) is 5.52 Å². The summed E-state index contributed by atoms with van der Waals surface area (Å²) in [6, 6.07) is 36.6. The van der Waals surface area contributed by atoms with E-state index in [2.05, 4.69) is 0 Å². The summed E-state index contributed by atoms with van der Waals surface area (Å²) in [5.74, 6) is 2.28. The Labute approximate surface area is 264 Å². The standard InChI is InChI=1S/C37H33O7P/c1-40-30-22-32(41-2)35(33(23-30)42-3)37(39)45(31-20-11-6-12-21-31)36(38)34-26(24-43-28-16-7-4-8-17-28)14-13-15-27(34)25-44-29-18-9-5-10-19-29/h4-23H,24-25H2,1-3H3. The van der Waals surface area contributed by atoms with Crippen molar-refractivity contribution in [1.29, 1.82) is 0 Å². The van der Waals surface area contributed by atoms with Gasteiger partial charge in [0.15, 0.2) is 5.52 Å². The van der Waals surface area contributed by atoms with E-state index < -0.39 is 13.4 Å². The van der Waals surface area contributed by atoms with Gasteiger partial charge >= 0.3 is 0 Å². The Bertz CT molecular complexity index is 1650. The van der Waals surface area contributed by atoms with Crippen LogP contribution in [0.2, 0.25) is 0 Å². The summed E-state index contributed by atoms with van der Waals surface area (Å²) in [6.07, 6.45) is 0. The predicted molar refractivity (Wildman–Crippen MR) is 176 cm³/mol. The molecule has 0 aromatic heterocycles. The van der Waals surface area contributed by atoms with Gasteiger partial charge < -0.3 is 23.7 Å². The SMILES string of the molecule is COc1cc(OC)c(C(=O)P(C(=O)c2c(COc3ccccc3)cccc2COc2ccccc2)c2ccccc2)c(OC)c1. The van der Waals surface area contributed by atoms with Crippen molar-refractivity contribution in [1.82, 2.24) is 0 Å². The van der Waals surface area contributed by atoms with Crippen LogP contribution in [-0.4, -0.2) is 32.4 Å². The second-order valence-corrected chi connectivity index (χ2v) is 11.8. The molecule has 0 spiro atoms. The van der Waals surface area contributed by atoms with E-state index in [1.807, 2.05) is 97.1 Å². The second-order valence-electron chi connectivity index (χ2n) is 9.84. The fourth-order valence-corrected chi connectivity index (χ4v) is 6.95. The molecule has 5 rings (SSSR count). The molecule has 5 aromatic carbocycles. The molecule has 0 bridgehead atoms. The highest BCUT2D eigenvalue weighted by atomic mass is 31.1. The van der Waals surface area contributed by atoms with Crippen molar-refractivity contribution in [2.75, 3.05) is 21.3 Å². The molecule has 8 heteroatoms. The first-order chi connectivity index (χ1) is 22.0. The monoisotopic (exact) mass is 620 g/mol. The largest absolute Gasteiger partial charge is 0.496 e. The Hall–Kier alpha value is -5.13. The average molecular weight is 621 g/mol. The first-order valence-corrected chi connectivity index (χ1v) is 15.6. The van der Waals surface area contributed by atoms with Crippen LogP contribution in [0.4, 0.5) is 0 Å². The van der Waals surface area contributed by atoms with Gasteiger partial charge in [-0.2, -0.15) is 0 Å². The molecule has 0 amide bonds. The third-order valence-corrected chi connectivity index (χ3v) is 9.15. The van der Waals surface area contributed by atoms with Crippen LogP contribution in [-0.2, 0) is 13.2 Å². The molecule has 0 heterocycles. The number of rotatable bonds is 14. The van der Waals surface area contributed by atoms with E-state index in [0.29, 0.717) is 39.2 Å². The molecule has 0 aliphatic carbocycles. The average Bonchev–Trinajstić information content (AvgIpc) is 3.10. The lowest BCUT2D eigenvalue weighted by Gasteiger charge is -2.22. The van der Waals surface area contributed by atoms with Crippen LogP contribution < -0.4 is 29.0 Å². The molecule has 0 fully saturated rings. The second kappa shape index (κ2) is 15.0. The molecule has 0 saturated heterocycles. The topological polar surface area (TPSA) is 80.3 Å². The van der Waals surface area contributed by atoms with Gasteiger partial charge in [-0.3, -0.25) is 9.59 Å². The Morgan fingerprint density at radius 2 is 0.956 bits per heavy atom. The molecular formula is C37H33O7P. The quantitative estimate of drug-likeness (QED) is 0.118. The van der Waals surface area contributed by atoms with Gasteiger partial charge in [0.05, 0.1) is 29.3 Å². The number of ether oxygens (including phenoxy) is 5. The summed E-state index contributed by atoms with van der Waals surface area (Å²) in [7, 11) is 2.31. The van der Waals surface area contributed by atoms with Gasteiger partial charge in [-0.15, -0.1) is 0 Å². The highest BCUT2D eigenvalue weighted by Crippen LogP contribution is 2.48.